The average Bonchev–Trinajstić information content (AvgIpc) is 2.37. The Labute approximate surface area is 114 Å². The Hall–Kier alpha value is -1.81. The van der Waals surface area contributed by atoms with E-state index >= 15 is 0 Å². The molecule has 1 rings (SSSR count). The van der Waals surface area contributed by atoms with Crippen LogP contribution in [0.15, 0.2) is 30.3 Å². The number of aliphatic hydroxyl groups is 1. The molecule has 1 unspecified atom stereocenters. The SMILES string of the molecule is CC(CO)NC(=O)/C=C/c1ccc(OC(C)C)cc1. The minimum Gasteiger partial charge on any atom is -0.491 e. The molecule has 2 N–H and O–H groups in total. The summed E-state index contributed by atoms with van der Waals surface area (Å²) in [5.74, 6) is 0.592. The average molecular weight is 263 g/mol. The second-order valence-corrected chi connectivity index (χ2v) is 4.66. The number of carbonyl (C=O) groups is 1. The summed E-state index contributed by atoms with van der Waals surface area (Å²) in [6.45, 7) is 5.62. The van der Waals surface area contributed by atoms with Crippen LogP contribution in [0.25, 0.3) is 6.08 Å². The Morgan fingerprint density at radius 3 is 2.47 bits per heavy atom. The van der Waals surface area contributed by atoms with Gasteiger partial charge in [0.05, 0.1) is 12.7 Å². The maximum Gasteiger partial charge on any atom is 0.244 e. The maximum absolute atomic E-state index is 11.5. The van der Waals surface area contributed by atoms with Crippen molar-refractivity contribution in [3.63, 3.8) is 0 Å². The molecule has 0 aliphatic carbocycles. The van der Waals surface area contributed by atoms with E-state index in [4.69, 9.17) is 9.84 Å². The summed E-state index contributed by atoms with van der Waals surface area (Å²) < 4.78 is 5.53. The summed E-state index contributed by atoms with van der Waals surface area (Å²) in [7, 11) is 0. The van der Waals surface area contributed by atoms with Gasteiger partial charge in [0.15, 0.2) is 0 Å². The van der Waals surface area contributed by atoms with Crippen LogP contribution in [0.3, 0.4) is 0 Å². The number of benzene rings is 1. The lowest BCUT2D eigenvalue weighted by Crippen LogP contribution is -2.33. The molecule has 104 valence electrons. The molecule has 1 amide bonds. The first-order valence-electron chi connectivity index (χ1n) is 6.37. The molecule has 1 aromatic carbocycles. The lowest BCUT2D eigenvalue weighted by molar-refractivity contribution is -0.117. The first-order chi connectivity index (χ1) is 9.01. The molecule has 0 saturated carbocycles. The van der Waals surface area contributed by atoms with Gasteiger partial charge in [-0.25, -0.2) is 0 Å². The molecule has 19 heavy (non-hydrogen) atoms. The van der Waals surface area contributed by atoms with E-state index in [2.05, 4.69) is 5.32 Å². The van der Waals surface area contributed by atoms with Gasteiger partial charge in [-0.05, 0) is 44.5 Å². The fourth-order valence-corrected chi connectivity index (χ4v) is 1.44. The lowest BCUT2D eigenvalue weighted by Gasteiger charge is -2.09. The molecule has 0 aromatic heterocycles. The van der Waals surface area contributed by atoms with E-state index in [0.29, 0.717) is 0 Å². The van der Waals surface area contributed by atoms with Crippen molar-refractivity contribution in [1.82, 2.24) is 5.32 Å². The number of ether oxygens (including phenoxy) is 1. The summed E-state index contributed by atoms with van der Waals surface area (Å²) in [4.78, 5) is 11.5. The van der Waals surface area contributed by atoms with E-state index in [-0.39, 0.29) is 24.7 Å². The molecule has 0 spiro atoms. The molecule has 0 radical (unpaired) electrons. The zero-order valence-corrected chi connectivity index (χ0v) is 11.6. The van der Waals surface area contributed by atoms with Gasteiger partial charge in [0, 0.05) is 12.1 Å². The molecular formula is C15H21NO3. The number of carbonyl (C=O) groups excluding carboxylic acids is 1. The number of amides is 1. The molecule has 0 bridgehead atoms. The Balaban J connectivity index is 2.55. The third-order valence-corrected chi connectivity index (χ3v) is 2.34. The van der Waals surface area contributed by atoms with E-state index in [0.717, 1.165) is 11.3 Å². The van der Waals surface area contributed by atoms with Crippen LogP contribution in [0.5, 0.6) is 5.75 Å². The number of nitrogens with one attached hydrogen (secondary N) is 1. The molecule has 0 heterocycles. The Bertz CT molecular complexity index is 424. The fourth-order valence-electron chi connectivity index (χ4n) is 1.44. The van der Waals surface area contributed by atoms with Crippen LogP contribution in [0.1, 0.15) is 26.3 Å². The van der Waals surface area contributed by atoms with Crippen molar-refractivity contribution in [1.29, 1.82) is 0 Å². The highest BCUT2D eigenvalue weighted by atomic mass is 16.5. The fraction of sp³-hybridized carbons (Fsp3) is 0.400. The van der Waals surface area contributed by atoms with Crippen molar-refractivity contribution in [3.8, 4) is 5.75 Å². The van der Waals surface area contributed by atoms with Gasteiger partial charge in [0.25, 0.3) is 0 Å². The summed E-state index contributed by atoms with van der Waals surface area (Å²) in [6, 6.07) is 7.27. The van der Waals surface area contributed by atoms with Crippen molar-refractivity contribution in [3.05, 3.63) is 35.9 Å². The smallest absolute Gasteiger partial charge is 0.244 e. The van der Waals surface area contributed by atoms with Crippen LogP contribution in [0.4, 0.5) is 0 Å². The number of hydrogen-bond donors (Lipinski definition) is 2. The van der Waals surface area contributed by atoms with Crippen LogP contribution < -0.4 is 10.1 Å². The molecule has 4 nitrogen and oxygen atoms in total. The molecule has 1 aromatic rings. The van der Waals surface area contributed by atoms with Gasteiger partial charge in [0.1, 0.15) is 5.75 Å². The highest BCUT2D eigenvalue weighted by molar-refractivity contribution is 5.91. The first-order valence-corrected chi connectivity index (χ1v) is 6.37. The molecule has 0 aliphatic rings. The summed E-state index contributed by atoms with van der Waals surface area (Å²) in [5, 5.41) is 11.5. The van der Waals surface area contributed by atoms with Gasteiger partial charge in [-0.1, -0.05) is 12.1 Å². The lowest BCUT2D eigenvalue weighted by atomic mass is 10.2. The Morgan fingerprint density at radius 2 is 1.95 bits per heavy atom. The highest BCUT2D eigenvalue weighted by Crippen LogP contribution is 2.14. The van der Waals surface area contributed by atoms with E-state index in [1.807, 2.05) is 38.1 Å². The van der Waals surface area contributed by atoms with Crippen molar-refractivity contribution < 1.29 is 14.6 Å². The third kappa shape index (κ3) is 6.06. The summed E-state index contributed by atoms with van der Waals surface area (Å²) in [6.07, 6.45) is 3.32. The molecule has 0 aliphatic heterocycles. The molecule has 0 saturated heterocycles. The van der Waals surface area contributed by atoms with Crippen LogP contribution >= 0.6 is 0 Å². The molecular weight excluding hydrogens is 242 g/mol. The first kappa shape index (κ1) is 15.2. The minimum absolute atomic E-state index is 0.0686. The zero-order valence-electron chi connectivity index (χ0n) is 11.6. The topological polar surface area (TPSA) is 58.6 Å². The van der Waals surface area contributed by atoms with Crippen LogP contribution in [-0.4, -0.2) is 29.8 Å². The van der Waals surface area contributed by atoms with E-state index < -0.39 is 0 Å². The van der Waals surface area contributed by atoms with Gasteiger partial charge in [-0.2, -0.15) is 0 Å². The second kappa shape index (κ2) is 7.59. The number of hydrogen-bond acceptors (Lipinski definition) is 3. The van der Waals surface area contributed by atoms with Crippen LogP contribution in [0.2, 0.25) is 0 Å². The van der Waals surface area contributed by atoms with Gasteiger partial charge >= 0.3 is 0 Å². The zero-order chi connectivity index (χ0) is 14.3. The normalized spacial score (nSPS) is 12.7. The Kier molecular flexibility index (Phi) is 6.09. The van der Waals surface area contributed by atoms with E-state index in [1.165, 1.54) is 6.08 Å². The number of aliphatic hydroxyl groups excluding tert-OH is 1. The minimum atomic E-state index is -0.237. The van der Waals surface area contributed by atoms with E-state index in [9.17, 15) is 4.79 Å². The van der Waals surface area contributed by atoms with Crippen molar-refractivity contribution in [2.45, 2.75) is 32.9 Å². The van der Waals surface area contributed by atoms with E-state index in [1.54, 1.807) is 13.0 Å². The predicted octanol–water partition coefficient (Wildman–Crippen LogP) is 1.98. The van der Waals surface area contributed by atoms with Crippen molar-refractivity contribution in [2.75, 3.05) is 6.61 Å². The largest absolute Gasteiger partial charge is 0.491 e. The molecule has 1 atom stereocenters. The standard InChI is InChI=1S/C15H21NO3/c1-11(2)19-14-7-4-13(5-8-14)6-9-15(18)16-12(3)10-17/h4-9,11-12,17H,10H2,1-3H3,(H,16,18)/b9-6+. The maximum atomic E-state index is 11.5. The molecule has 4 heteroatoms. The summed E-state index contributed by atoms with van der Waals surface area (Å²) in [5.41, 5.74) is 0.919. The van der Waals surface area contributed by atoms with Crippen LogP contribution in [-0.2, 0) is 4.79 Å². The van der Waals surface area contributed by atoms with Crippen molar-refractivity contribution >= 4 is 12.0 Å². The van der Waals surface area contributed by atoms with Crippen molar-refractivity contribution in [2.24, 2.45) is 0 Å². The van der Waals surface area contributed by atoms with Crippen LogP contribution in [0, 0.1) is 0 Å². The quantitative estimate of drug-likeness (QED) is 0.772. The molecule has 0 fully saturated rings. The van der Waals surface area contributed by atoms with Gasteiger partial charge in [-0.3, -0.25) is 4.79 Å². The number of rotatable bonds is 6. The van der Waals surface area contributed by atoms with Gasteiger partial charge in [-0.15, -0.1) is 0 Å². The predicted molar refractivity (Wildman–Crippen MR) is 75.9 cm³/mol. The van der Waals surface area contributed by atoms with Gasteiger partial charge < -0.3 is 15.2 Å². The Morgan fingerprint density at radius 1 is 1.32 bits per heavy atom. The second-order valence-electron chi connectivity index (χ2n) is 4.66. The highest BCUT2D eigenvalue weighted by Gasteiger charge is 2.02. The van der Waals surface area contributed by atoms with Gasteiger partial charge in [0.2, 0.25) is 5.91 Å². The monoisotopic (exact) mass is 263 g/mol. The summed E-state index contributed by atoms with van der Waals surface area (Å²) >= 11 is 0. The third-order valence-electron chi connectivity index (χ3n) is 2.34.